The van der Waals surface area contributed by atoms with Gasteiger partial charge in [-0.1, -0.05) is 31.5 Å². The largest absolute Gasteiger partial charge is 0.329 e. The number of rotatable bonds is 6. The van der Waals surface area contributed by atoms with Crippen LogP contribution in [0, 0.1) is 12.8 Å². The van der Waals surface area contributed by atoms with E-state index in [1.54, 1.807) is 30.5 Å². The summed E-state index contributed by atoms with van der Waals surface area (Å²) in [6.45, 7) is 6.37. The van der Waals surface area contributed by atoms with Crippen LogP contribution < -0.4 is 5.32 Å². The highest BCUT2D eigenvalue weighted by atomic mass is 35.5. The molecule has 24 heavy (non-hydrogen) atoms. The Labute approximate surface area is 150 Å². The monoisotopic (exact) mass is 365 g/mol. The number of carbonyl (C=O) groups is 2. The van der Waals surface area contributed by atoms with E-state index in [0.717, 1.165) is 4.88 Å². The highest BCUT2D eigenvalue weighted by Crippen LogP contribution is 2.17. The quantitative estimate of drug-likeness (QED) is 0.845. The number of aryl methyl sites for hydroxylation is 1. The maximum Gasteiger partial charge on any atom is 0.254 e. The molecule has 0 radical (unpaired) electrons. The third-order valence-electron chi connectivity index (χ3n) is 3.15. The van der Waals surface area contributed by atoms with E-state index in [9.17, 15) is 9.59 Å². The van der Waals surface area contributed by atoms with Gasteiger partial charge in [-0.05, 0) is 31.0 Å². The summed E-state index contributed by atoms with van der Waals surface area (Å²) in [6, 6.07) is 6.74. The number of benzene rings is 1. The topological polar surface area (TPSA) is 62.3 Å². The Bertz CT molecular complexity index is 730. The van der Waals surface area contributed by atoms with E-state index in [-0.39, 0.29) is 24.3 Å². The summed E-state index contributed by atoms with van der Waals surface area (Å²) in [5.74, 6) is -0.236. The second-order valence-electron chi connectivity index (χ2n) is 5.91. The number of carbonyl (C=O) groups excluding carboxylic acids is 2. The zero-order valence-corrected chi connectivity index (χ0v) is 15.4. The fourth-order valence-corrected chi connectivity index (χ4v) is 3.08. The molecule has 2 aromatic rings. The van der Waals surface area contributed by atoms with Crippen LogP contribution in [0.4, 0.5) is 5.13 Å². The molecule has 1 aromatic heterocycles. The Hall–Kier alpha value is -1.92. The molecule has 0 bridgehead atoms. The minimum absolute atomic E-state index is 0.0256. The number of nitrogens with one attached hydrogen (secondary N) is 1. The fourth-order valence-electron chi connectivity index (χ4n) is 2.21. The predicted molar refractivity (Wildman–Crippen MR) is 97.7 cm³/mol. The molecule has 2 amide bonds. The highest BCUT2D eigenvalue weighted by Gasteiger charge is 2.20. The first-order chi connectivity index (χ1) is 11.3. The van der Waals surface area contributed by atoms with Crippen LogP contribution >= 0.6 is 22.9 Å². The molecule has 5 nitrogen and oxygen atoms in total. The van der Waals surface area contributed by atoms with Crippen LogP contribution in [0.15, 0.2) is 30.5 Å². The molecular weight excluding hydrogens is 346 g/mol. The minimum Gasteiger partial charge on any atom is -0.329 e. The first-order valence-corrected chi connectivity index (χ1v) is 8.81. The summed E-state index contributed by atoms with van der Waals surface area (Å²) in [7, 11) is 0. The molecule has 1 heterocycles. The van der Waals surface area contributed by atoms with Gasteiger partial charge in [0.05, 0.1) is 0 Å². The van der Waals surface area contributed by atoms with Crippen LogP contribution in [0.25, 0.3) is 0 Å². The van der Waals surface area contributed by atoms with E-state index < -0.39 is 0 Å². The van der Waals surface area contributed by atoms with Gasteiger partial charge in [0.25, 0.3) is 5.91 Å². The maximum absolute atomic E-state index is 12.7. The SMILES string of the molecule is Cc1cnc(NC(=O)CN(CC(C)C)C(=O)c2cccc(Cl)c2)s1. The van der Waals surface area contributed by atoms with E-state index in [1.807, 2.05) is 20.8 Å². The van der Waals surface area contributed by atoms with Gasteiger partial charge in [0.15, 0.2) is 5.13 Å². The third kappa shape index (κ3) is 5.32. The van der Waals surface area contributed by atoms with Crippen molar-refractivity contribution < 1.29 is 9.59 Å². The van der Waals surface area contributed by atoms with Crippen LogP contribution in [0.1, 0.15) is 29.1 Å². The van der Waals surface area contributed by atoms with Crippen LogP contribution in [0.3, 0.4) is 0 Å². The van der Waals surface area contributed by atoms with E-state index in [0.29, 0.717) is 22.3 Å². The number of nitrogens with zero attached hydrogens (tertiary/aromatic N) is 2. The lowest BCUT2D eigenvalue weighted by Gasteiger charge is -2.24. The normalized spacial score (nSPS) is 10.7. The summed E-state index contributed by atoms with van der Waals surface area (Å²) in [6.07, 6.45) is 1.70. The van der Waals surface area contributed by atoms with Crippen LogP contribution in [-0.2, 0) is 4.79 Å². The van der Waals surface area contributed by atoms with Crippen LogP contribution in [-0.4, -0.2) is 34.8 Å². The Morgan fingerprint density at radius 1 is 1.38 bits per heavy atom. The Balaban J connectivity index is 2.09. The Morgan fingerprint density at radius 2 is 2.12 bits per heavy atom. The van der Waals surface area contributed by atoms with Gasteiger partial charge in [0.1, 0.15) is 6.54 Å². The molecule has 7 heteroatoms. The predicted octanol–water partition coefficient (Wildman–Crippen LogP) is 3.84. The zero-order valence-electron chi connectivity index (χ0n) is 13.9. The van der Waals surface area contributed by atoms with E-state index >= 15 is 0 Å². The van der Waals surface area contributed by atoms with Gasteiger partial charge in [0.2, 0.25) is 5.91 Å². The number of thiazole rings is 1. The van der Waals surface area contributed by atoms with Crippen LogP contribution in [0.2, 0.25) is 5.02 Å². The van der Waals surface area contributed by atoms with Crippen molar-refractivity contribution in [2.45, 2.75) is 20.8 Å². The number of anilines is 1. The van der Waals surface area contributed by atoms with Crippen molar-refractivity contribution in [1.82, 2.24) is 9.88 Å². The first-order valence-electron chi connectivity index (χ1n) is 7.62. The average Bonchev–Trinajstić information content (AvgIpc) is 2.90. The van der Waals surface area contributed by atoms with Gasteiger partial charge < -0.3 is 10.2 Å². The van der Waals surface area contributed by atoms with Gasteiger partial charge in [0, 0.05) is 28.2 Å². The minimum atomic E-state index is -0.264. The van der Waals surface area contributed by atoms with Crippen molar-refractivity contribution in [2.24, 2.45) is 5.92 Å². The molecule has 0 aliphatic rings. The summed E-state index contributed by atoms with van der Waals surface area (Å²) < 4.78 is 0. The standard InChI is InChI=1S/C17H20ClN3O2S/c1-11(2)9-21(16(23)13-5-4-6-14(18)7-13)10-15(22)20-17-19-8-12(3)24-17/h4-8,11H,9-10H2,1-3H3,(H,19,20,22). The first kappa shape index (κ1) is 18.4. The molecular formula is C17H20ClN3O2S. The number of amides is 2. The van der Waals surface area contributed by atoms with Crippen molar-refractivity contribution in [3.8, 4) is 0 Å². The van der Waals surface area contributed by atoms with E-state index in [1.165, 1.54) is 16.2 Å². The number of halogens is 1. The van der Waals surface area contributed by atoms with E-state index in [4.69, 9.17) is 11.6 Å². The Kier molecular flexibility index (Phi) is 6.34. The second-order valence-corrected chi connectivity index (χ2v) is 7.59. The number of aromatic nitrogens is 1. The summed E-state index contributed by atoms with van der Waals surface area (Å²) >= 11 is 7.36. The Morgan fingerprint density at radius 3 is 2.71 bits per heavy atom. The second kappa shape index (κ2) is 8.26. The molecule has 0 aliphatic carbocycles. The average molecular weight is 366 g/mol. The molecule has 2 rings (SSSR count). The van der Waals surface area contributed by atoms with Gasteiger partial charge >= 0.3 is 0 Å². The van der Waals surface area contributed by atoms with Crippen molar-refractivity contribution >= 4 is 39.9 Å². The molecule has 128 valence electrons. The fraction of sp³-hybridized carbons (Fsp3) is 0.353. The molecule has 1 aromatic carbocycles. The number of hydrogen-bond donors (Lipinski definition) is 1. The lowest BCUT2D eigenvalue weighted by atomic mass is 10.1. The molecule has 0 fully saturated rings. The molecule has 0 spiro atoms. The molecule has 1 N–H and O–H groups in total. The van der Waals surface area contributed by atoms with Gasteiger partial charge in [-0.2, -0.15) is 0 Å². The summed E-state index contributed by atoms with van der Waals surface area (Å²) in [5, 5.41) is 3.77. The van der Waals surface area contributed by atoms with Crippen LogP contribution in [0.5, 0.6) is 0 Å². The smallest absolute Gasteiger partial charge is 0.254 e. The number of hydrogen-bond acceptors (Lipinski definition) is 4. The van der Waals surface area contributed by atoms with Crippen molar-refractivity contribution in [3.05, 3.63) is 45.9 Å². The highest BCUT2D eigenvalue weighted by molar-refractivity contribution is 7.15. The maximum atomic E-state index is 12.7. The van der Waals surface area contributed by atoms with Gasteiger partial charge in [-0.15, -0.1) is 11.3 Å². The van der Waals surface area contributed by atoms with Crippen molar-refractivity contribution in [2.75, 3.05) is 18.4 Å². The lowest BCUT2D eigenvalue weighted by Crippen LogP contribution is -2.40. The lowest BCUT2D eigenvalue weighted by molar-refractivity contribution is -0.117. The molecule has 0 saturated heterocycles. The van der Waals surface area contributed by atoms with Crippen molar-refractivity contribution in [3.63, 3.8) is 0 Å². The molecule has 0 unspecified atom stereocenters. The van der Waals surface area contributed by atoms with Gasteiger partial charge in [-0.25, -0.2) is 4.98 Å². The van der Waals surface area contributed by atoms with Crippen molar-refractivity contribution in [1.29, 1.82) is 0 Å². The zero-order chi connectivity index (χ0) is 17.7. The summed E-state index contributed by atoms with van der Waals surface area (Å²) in [5.41, 5.74) is 0.473. The van der Waals surface area contributed by atoms with Gasteiger partial charge in [-0.3, -0.25) is 9.59 Å². The molecule has 0 aliphatic heterocycles. The molecule has 0 atom stereocenters. The van der Waals surface area contributed by atoms with E-state index in [2.05, 4.69) is 10.3 Å². The summed E-state index contributed by atoms with van der Waals surface area (Å²) in [4.78, 5) is 31.6. The third-order valence-corrected chi connectivity index (χ3v) is 4.21. The molecule has 0 saturated carbocycles.